The first-order chi connectivity index (χ1) is 15.2. The van der Waals surface area contributed by atoms with Crippen molar-refractivity contribution in [3.05, 3.63) is 107 Å². The first-order valence-corrected chi connectivity index (χ1v) is 10.8. The van der Waals surface area contributed by atoms with Crippen LogP contribution in [0.25, 0.3) is 0 Å². The second-order valence-electron chi connectivity index (χ2n) is 6.94. The van der Waals surface area contributed by atoms with Gasteiger partial charge in [-0.3, -0.25) is 5.43 Å². The number of nitrogens with one attached hydrogen (secondary N) is 1. The summed E-state index contributed by atoms with van der Waals surface area (Å²) in [6, 6.07) is 25.9. The lowest BCUT2D eigenvalue weighted by atomic mass is 10.2. The van der Waals surface area contributed by atoms with Crippen molar-refractivity contribution in [1.29, 1.82) is 0 Å². The van der Waals surface area contributed by atoms with Crippen LogP contribution in [0.5, 0.6) is 11.5 Å². The number of thiazole rings is 1. The minimum atomic E-state index is 0.497. The fourth-order valence-electron chi connectivity index (χ4n) is 2.81. The van der Waals surface area contributed by atoms with E-state index >= 15 is 0 Å². The number of hydrogen-bond acceptors (Lipinski definition) is 6. The summed E-state index contributed by atoms with van der Waals surface area (Å²) < 4.78 is 11.7. The normalized spacial score (nSPS) is 10.9. The molecule has 0 aliphatic heterocycles. The van der Waals surface area contributed by atoms with Crippen molar-refractivity contribution in [2.45, 2.75) is 20.1 Å². The Balaban J connectivity index is 1.23. The smallest absolute Gasteiger partial charge is 0.203 e. The van der Waals surface area contributed by atoms with E-state index < -0.39 is 0 Å². The zero-order valence-corrected chi connectivity index (χ0v) is 18.0. The van der Waals surface area contributed by atoms with E-state index in [0.29, 0.717) is 13.2 Å². The summed E-state index contributed by atoms with van der Waals surface area (Å²) in [5, 5.41) is 6.98. The summed E-state index contributed by atoms with van der Waals surface area (Å²) in [6.45, 7) is 3.01. The molecule has 156 valence electrons. The molecule has 3 aromatic carbocycles. The van der Waals surface area contributed by atoms with Gasteiger partial charge >= 0.3 is 0 Å². The Labute approximate surface area is 186 Å². The maximum absolute atomic E-state index is 5.88. The summed E-state index contributed by atoms with van der Waals surface area (Å²) in [4.78, 5) is 4.30. The van der Waals surface area contributed by atoms with Crippen LogP contribution in [0.3, 0.4) is 0 Å². The van der Waals surface area contributed by atoms with Gasteiger partial charge in [-0.25, -0.2) is 4.98 Å². The van der Waals surface area contributed by atoms with Crippen LogP contribution in [0.4, 0.5) is 5.13 Å². The van der Waals surface area contributed by atoms with E-state index in [1.807, 2.05) is 79.0 Å². The monoisotopic (exact) mass is 429 g/mol. The van der Waals surface area contributed by atoms with Gasteiger partial charge < -0.3 is 9.47 Å². The molecule has 0 aliphatic carbocycles. The largest absolute Gasteiger partial charge is 0.489 e. The van der Waals surface area contributed by atoms with Crippen LogP contribution < -0.4 is 14.9 Å². The molecule has 6 heteroatoms. The minimum Gasteiger partial charge on any atom is -0.489 e. The highest BCUT2D eigenvalue weighted by atomic mass is 32.1. The standard InChI is InChI=1S/C25H23N3O2S/c1-19-18-31-25(27-19)28-26-15-20-7-11-23(12-8-20)30-17-22-9-13-24(14-10-22)29-16-21-5-3-2-4-6-21/h2-15,18H,16-17H2,1H3,(H,27,28). The summed E-state index contributed by atoms with van der Waals surface area (Å²) in [5.74, 6) is 1.66. The Kier molecular flexibility index (Phi) is 6.92. The summed E-state index contributed by atoms with van der Waals surface area (Å²) >= 11 is 1.53. The molecule has 5 nitrogen and oxygen atoms in total. The number of aryl methyl sites for hydroxylation is 1. The minimum absolute atomic E-state index is 0.497. The SMILES string of the molecule is Cc1csc(NN=Cc2ccc(OCc3ccc(OCc4ccccc4)cc3)cc2)n1. The molecule has 0 fully saturated rings. The van der Waals surface area contributed by atoms with Crippen molar-refractivity contribution in [2.75, 3.05) is 5.43 Å². The van der Waals surface area contributed by atoms with Crippen molar-refractivity contribution >= 4 is 22.7 Å². The number of anilines is 1. The molecule has 1 N–H and O–H groups in total. The summed E-state index contributed by atoms with van der Waals surface area (Å²) in [5.41, 5.74) is 7.13. The molecule has 0 radical (unpaired) electrons. The van der Waals surface area contributed by atoms with Crippen molar-refractivity contribution in [3.8, 4) is 11.5 Å². The highest BCUT2D eigenvalue weighted by Gasteiger charge is 2.00. The number of hydrogen-bond donors (Lipinski definition) is 1. The molecule has 0 aliphatic rings. The lowest BCUT2D eigenvalue weighted by Crippen LogP contribution is -1.97. The van der Waals surface area contributed by atoms with E-state index in [1.54, 1.807) is 6.21 Å². The highest BCUT2D eigenvalue weighted by molar-refractivity contribution is 7.13. The maximum Gasteiger partial charge on any atom is 0.203 e. The van der Waals surface area contributed by atoms with Crippen LogP contribution in [0, 0.1) is 6.92 Å². The van der Waals surface area contributed by atoms with Gasteiger partial charge in [-0.15, -0.1) is 11.3 Å². The number of rotatable bonds is 9. The number of nitrogens with zero attached hydrogens (tertiary/aromatic N) is 2. The molecular weight excluding hydrogens is 406 g/mol. The van der Waals surface area contributed by atoms with Crippen LogP contribution in [-0.4, -0.2) is 11.2 Å². The summed E-state index contributed by atoms with van der Waals surface area (Å²) in [6.07, 6.45) is 1.76. The average Bonchev–Trinajstić information content (AvgIpc) is 3.23. The topological polar surface area (TPSA) is 55.7 Å². The van der Waals surface area contributed by atoms with Crippen LogP contribution in [0.15, 0.2) is 89.3 Å². The van der Waals surface area contributed by atoms with Gasteiger partial charge in [0.05, 0.1) is 11.9 Å². The van der Waals surface area contributed by atoms with Crippen molar-refractivity contribution in [3.63, 3.8) is 0 Å². The van der Waals surface area contributed by atoms with Gasteiger partial charge in [0.15, 0.2) is 0 Å². The van der Waals surface area contributed by atoms with Gasteiger partial charge in [-0.1, -0.05) is 42.5 Å². The molecule has 0 spiro atoms. The number of ether oxygens (including phenoxy) is 2. The Morgan fingerprint density at radius 3 is 2.06 bits per heavy atom. The number of benzene rings is 3. The average molecular weight is 430 g/mol. The number of aromatic nitrogens is 1. The van der Waals surface area contributed by atoms with Crippen LogP contribution in [0.2, 0.25) is 0 Å². The van der Waals surface area contributed by atoms with Gasteiger partial charge in [-0.05, 0) is 60.0 Å². The zero-order valence-electron chi connectivity index (χ0n) is 17.2. The molecule has 0 bridgehead atoms. The molecule has 31 heavy (non-hydrogen) atoms. The third kappa shape index (κ3) is 6.42. The number of hydrazone groups is 1. The molecule has 4 rings (SSSR count). The van der Waals surface area contributed by atoms with E-state index in [2.05, 4.69) is 27.6 Å². The second-order valence-corrected chi connectivity index (χ2v) is 7.80. The lowest BCUT2D eigenvalue weighted by Gasteiger charge is -2.09. The zero-order chi connectivity index (χ0) is 21.3. The van der Waals surface area contributed by atoms with Crippen LogP contribution in [-0.2, 0) is 13.2 Å². The van der Waals surface area contributed by atoms with E-state index in [0.717, 1.165) is 39.0 Å². The fraction of sp³-hybridized carbons (Fsp3) is 0.120. The molecular formula is C25H23N3O2S. The van der Waals surface area contributed by atoms with Crippen LogP contribution >= 0.6 is 11.3 Å². The second kappa shape index (κ2) is 10.4. The van der Waals surface area contributed by atoms with Gasteiger partial charge in [-0.2, -0.15) is 5.10 Å². The first-order valence-electron chi connectivity index (χ1n) is 9.94. The Morgan fingerprint density at radius 1 is 0.839 bits per heavy atom. The predicted octanol–water partition coefficient (Wildman–Crippen LogP) is 6.06. The molecule has 0 unspecified atom stereocenters. The van der Waals surface area contributed by atoms with E-state index in [9.17, 15) is 0 Å². The molecule has 1 aromatic heterocycles. The van der Waals surface area contributed by atoms with Crippen molar-refractivity contribution in [2.24, 2.45) is 5.10 Å². The Hall–Kier alpha value is -3.64. The molecule has 4 aromatic rings. The van der Waals surface area contributed by atoms with E-state index in [1.165, 1.54) is 11.3 Å². The third-order valence-electron chi connectivity index (χ3n) is 4.45. The summed E-state index contributed by atoms with van der Waals surface area (Å²) in [7, 11) is 0. The molecule has 0 saturated carbocycles. The van der Waals surface area contributed by atoms with E-state index in [4.69, 9.17) is 9.47 Å². The Bertz CT molecular complexity index is 1110. The Morgan fingerprint density at radius 2 is 1.45 bits per heavy atom. The van der Waals surface area contributed by atoms with Gasteiger partial charge in [0.2, 0.25) is 5.13 Å². The highest BCUT2D eigenvalue weighted by Crippen LogP contribution is 2.18. The molecule has 0 atom stereocenters. The molecule has 0 saturated heterocycles. The molecule has 0 amide bonds. The maximum atomic E-state index is 5.88. The van der Waals surface area contributed by atoms with Crippen molar-refractivity contribution < 1.29 is 9.47 Å². The van der Waals surface area contributed by atoms with Gasteiger partial charge in [0.1, 0.15) is 24.7 Å². The third-order valence-corrected chi connectivity index (χ3v) is 5.31. The van der Waals surface area contributed by atoms with Crippen molar-refractivity contribution in [1.82, 2.24) is 4.98 Å². The quantitative estimate of drug-likeness (QED) is 0.260. The van der Waals surface area contributed by atoms with Crippen LogP contribution in [0.1, 0.15) is 22.4 Å². The van der Waals surface area contributed by atoms with E-state index in [-0.39, 0.29) is 0 Å². The lowest BCUT2D eigenvalue weighted by molar-refractivity contribution is 0.301. The predicted molar refractivity (Wildman–Crippen MR) is 126 cm³/mol. The van der Waals surface area contributed by atoms with Gasteiger partial charge in [0.25, 0.3) is 0 Å². The first kappa shape index (κ1) is 20.6. The fourth-order valence-corrected chi connectivity index (χ4v) is 3.44. The molecule has 1 heterocycles. The van der Waals surface area contributed by atoms with Gasteiger partial charge in [0, 0.05) is 5.38 Å².